The van der Waals surface area contributed by atoms with E-state index in [1.807, 2.05) is 0 Å². The van der Waals surface area contributed by atoms with Gasteiger partial charge in [-0.2, -0.15) is 0 Å². The number of imidazole rings is 1. The molecule has 18 heavy (non-hydrogen) atoms. The Bertz CT molecular complexity index is 705. The molecule has 6 heteroatoms. The molecule has 3 aromatic rings. The molecule has 2 aromatic heterocycles. The summed E-state index contributed by atoms with van der Waals surface area (Å²) in [6.07, 6.45) is 3.17. The summed E-state index contributed by atoms with van der Waals surface area (Å²) >= 11 is 1.32. The van der Waals surface area contributed by atoms with Crippen LogP contribution in [0.1, 0.15) is 9.67 Å². The molecule has 2 N–H and O–H groups in total. The Morgan fingerprint density at radius 1 is 1.39 bits per heavy atom. The predicted molar refractivity (Wildman–Crippen MR) is 68.3 cm³/mol. The van der Waals surface area contributed by atoms with Crippen LogP contribution in [0.4, 0.5) is 10.3 Å². The molecule has 0 aliphatic heterocycles. The SMILES string of the molecule is O=C(Nc1ncc[nH]1)c1cc2cc(F)ccc2s1. The molecule has 1 aromatic carbocycles. The third-order valence-corrected chi connectivity index (χ3v) is 3.55. The summed E-state index contributed by atoms with van der Waals surface area (Å²) in [5, 5.41) is 3.35. The van der Waals surface area contributed by atoms with E-state index in [9.17, 15) is 9.18 Å². The third-order valence-electron chi connectivity index (χ3n) is 2.43. The quantitative estimate of drug-likeness (QED) is 0.745. The molecular formula is C12H8FN3OS. The molecule has 0 aliphatic carbocycles. The Kier molecular flexibility index (Phi) is 2.56. The number of rotatable bonds is 2. The summed E-state index contributed by atoms with van der Waals surface area (Å²) in [7, 11) is 0. The second-order valence-corrected chi connectivity index (χ2v) is 4.77. The minimum absolute atomic E-state index is 0.258. The maximum Gasteiger partial charge on any atom is 0.268 e. The number of amides is 1. The number of halogens is 1. The minimum Gasteiger partial charge on any atom is -0.331 e. The lowest BCUT2D eigenvalue weighted by Gasteiger charge is -1.97. The fourth-order valence-electron chi connectivity index (χ4n) is 1.63. The maximum atomic E-state index is 13.0. The van der Waals surface area contributed by atoms with Gasteiger partial charge in [0.05, 0.1) is 4.88 Å². The minimum atomic E-state index is -0.307. The highest BCUT2D eigenvalue weighted by Crippen LogP contribution is 2.26. The van der Waals surface area contributed by atoms with Gasteiger partial charge < -0.3 is 4.98 Å². The van der Waals surface area contributed by atoms with E-state index in [0.29, 0.717) is 10.8 Å². The number of benzene rings is 1. The van der Waals surface area contributed by atoms with E-state index in [0.717, 1.165) is 10.1 Å². The van der Waals surface area contributed by atoms with E-state index in [4.69, 9.17) is 0 Å². The molecule has 0 unspecified atom stereocenters. The molecule has 0 bridgehead atoms. The highest BCUT2D eigenvalue weighted by molar-refractivity contribution is 7.20. The highest BCUT2D eigenvalue weighted by Gasteiger charge is 2.11. The molecular weight excluding hydrogens is 253 g/mol. The zero-order chi connectivity index (χ0) is 12.5. The monoisotopic (exact) mass is 261 g/mol. The fourth-order valence-corrected chi connectivity index (χ4v) is 2.57. The van der Waals surface area contributed by atoms with Gasteiger partial charge in [0.1, 0.15) is 5.82 Å². The predicted octanol–water partition coefficient (Wildman–Crippen LogP) is 3.02. The molecule has 0 atom stereocenters. The van der Waals surface area contributed by atoms with E-state index in [-0.39, 0.29) is 11.7 Å². The number of aromatic nitrogens is 2. The molecule has 1 amide bonds. The number of hydrogen-bond donors (Lipinski definition) is 2. The number of anilines is 1. The van der Waals surface area contributed by atoms with E-state index in [1.165, 1.54) is 23.5 Å². The van der Waals surface area contributed by atoms with Gasteiger partial charge >= 0.3 is 0 Å². The van der Waals surface area contributed by atoms with Gasteiger partial charge in [-0.3, -0.25) is 10.1 Å². The molecule has 0 saturated heterocycles. The molecule has 3 rings (SSSR count). The van der Waals surface area contributed by atoms with Crippen LogP contribution in [0.15, 0.2) is 36.7 Å². The van der Waals surface area contributed by atoms with Gasteiger partial charge in [0, 0.05) is 17.1 Å². The van der Waals surface area contributed by atoms with E-state index >= 15 is 0 Å². The lowest BCUT2D eigenvalue weighted by molar-refractivity contribution is 0.103. The third kappa shape index (κ3) is 1.98. The van der Waals surface area contributed by atoms with Gasteiger partial charge in [0.2, 0.25) is 5.95 Å². The van der Waals surface area contributed by atoms with Crippen LogP contribution >= 0.6 is 11.3 Å². The summed E-state index contributed by atoms with van der Waals surface area (Å²) in [5.74, 6) is -0.173. The molecule has 0 radical (unpaired) electrons. The van der Waals surface area contributed by atoms with Crippen LogP contribution in [0.5, 0.6) is 0 Å². The van der Waals surface area contributed by atoms with Crippen LogP contribution in [0.2, 0.25) is 0 Å². The molecule has 0 aliphatic rings. The number of thiophene rings is 1. The molecule has 4 nitrogen and oxygen atoms in total. The van der Waals surface area contributed by atoms with Crippen molar-refractivity contribution in [2.45, 2.75) is 0 Å². The molecule has 90 valence electrons. The van der Waals surface area contributed by atoms with Crippen molar-refractivity contribution in [3.63, 3.8) is 0 Å². The molecule has 2 heterocycles. The van der Waals surface area contributed by atoms with Crippen molar-refractivity contribution in [1.29, 1.82) is 0 Å². The van der Waals surface area contributed by atoms with Crippen molar-refractivity contribution in [2.75, 3.05) is 5.32 Å². The van der Waals surface area contributed by atoms with E-state index in [1.54, 1.807) is 24.5 Å². The second kappa shape index (κ2) is 4.23. The normalized spacial score (nSPS) is 10.7. The highest BCUT2D eigenvalue weighted by atomic mass is 32.1. The summed E-state index contributed by atoms with van der Waals surface area (Å²) in [6, 6.07) is 6.13. The summed E-state index contributed by atoms with van der Waals surface area (Å²) in [6.45, 7) is 0. The largest absolute Gasteiger partial charge is 0.331 e. The average molecular weight is 261 g/mol. The van der Waals surface area contributed by atoms with Gasteiger partial charge in [-0.25, -0.2) is 9.37 Å². The van der Waals surface area contributed by atoms with Crippen LogP contribution in [0.3, 0.4) is 0 Å². The smallest absolute Gasteiger partial charge is 0.268 e. The maximum absolute atomic E-state index is 13.0. The second-order valence-electron chi connectivity index (χ2n) is 3.68. The summed E-state index contributed by atoms with van der Waals surface area (Å²) in [5.41, 5.74) is 0. The van der Waals surface area contributed by atoms with Crippen LogP contribution in [0.25, 0.3) is 10.1 Å². The van der Waals surface area contributed by atoms with Crippen LogP contribution < -0.4 is 5.32 Å². The van der Waals surface area contributed by atoms with Gasteiger partial charge in [-0.1, -0.05) is 0 Å². The number of hydrogen-bond acceptors (Lipinski definition) is 3. The number of nitrogens with one attached hydrogen (secondary N) is 2. The first-order chi connectivity index (χ1) is 8.72. The van der Waals surface area contributed by atoms with Crippen molar-refractivity contribution in [2.24, 2.45) is 0 Å². The molecule has 0 spiro atoms. The van der Waals surface area contributed by atoms with Crippen molar-refractivity contribution < 1.29 is 9.18 Å². The Morgan fingerprint density at radius 3 is 3.06 bits per heavy atom. The van der Waals surface area contributed by atoms with Gasteiger partial charge in [-0.15, -0.1) is 11.3 Å². The Balaban J connectivity index is 1.92. The Labute approximate surface area is 105 Å². The van der Waals surface area contributed by atoms with Crippen molar-refractivity contribution in [1.82, 2.24) is 9.97 Å². The number of fused-ring (bicyclic) bond motifs is 1. The zero-order valence-electron chi connectivity index (χ0n) is 9.11. The summed E-state index contributed by atoms with van der Waals surface area (Å²) in [4.78, 5) is 19.1. The average Bonchev–Trinajstić information content (AvgIpc) is 2.96. The number of carbonyl (C=O) groups excluding carboxylic acids is 1. The van der Waals surface area contributed by atoms with Gasteiger partial charge in [-0.05, 0) is 29.7 Å². The first-order valence-electron chi connectivity index (χ1n) is 5.22. The van der Waals surface area contributed by atoms with Gasteiger partial charge in [0.15, 0.2) is 0 Å². The lowest BCUT2D eigenvalue weighted by Crippen LogP contribution is -2.11. The van der Waals surface area contributed by atoms with E-state index < -0.39 is 0 Å². The first kappa shape index (κ1) is 10.9. The number of carbonyl (C=O) groups is 1. The Hall–Kier alpha value is -2.21. The van der Waals surface area contributed by atoms with Crippen LogP contribution in [-0.4, -0.2) is 15.9 Å². The number of nitrogens with zero attached hydrogens (tertiary/aromatic N) is 1. The number of aromatic amines is 1. The number of H-pyrrole nitrogens is 1. The fraction of sp³-hybridized carbons (Fsp3) is 0. The van der Waals surface area contributed by atoms with Crippen molar-refractivity contribution >= 4 is 33.3 Å². The lowest BCUT2D eigenvalue weighted by atomic mass is 10.2. The van der Waals surface area contributed by atoms with Gasteiger partial charge in [0.25, 0.3) is 5.91 Å². The topological polar surface area (TPSA) is 57.8 Å². The van der Waals surface area contributed by atoms with Crippen LogP contribution in [-0.2, 0) is 0 Å². The first-order valence-corrected chi connectivity index (χ1v) is 6.04. The van der Waals surface area contributed by atoms with Crippen molar-refractivity contribution in [3.8, 4) is 0 Å². The van der Waals surface area contributed by atoms with E-state index in [2.05, 4.69) is 15.3 Å². The Morgan fingerprint density at radius 2 is 2.28 bits per heavy atom. The molecule has 0 fully saturated rings. The molecule has 0 saturated carbocycles. The van der Waals surface area contributed by atoms with Crippen molar-refractivity contribution in [3.05, 3.63) is 47.4 Å². The standard InChI is InChI=1S/C12H8FN3OS/c13-8-1-2-9-7(5-8)6-10(18-9)11(17)16-12-14-3-4-15-12/h1-6H,(H2,14,15,16,17). The summed E-state index contributed by atoms with van der Waals surface area (Å²) < 4.78 is 13.9. The van der Waals surface area contributed by atoms with Crippen LogP contribution in [0, 0.1) is 5.82 Å². The zero-order valence-corrected chi connectivity index (χ0v) is 9.92.